The number of anilines is 1. The lowest BCUT2D eigenvalue weighted by atomic mass is 10.2. The Hall–Kier alpha value is -3.68. The first-order chi connectivity index (χ1) is 19.9. The van der Waals surface area contributed by atoms with Gasteiger partial charge in [-0.2, -0.15) is 0 Å². The quantitative estimate of drug-likeness (QED) is 0.275. The van der Waals surface area contributed by atoms with Gasteiger partial charge in [-0.1, -0.05) is 29.3 Å². The van der Waals surface area contributed by atoms with Crippen molar-refractivity contribution >= 4 is 74.3 Å². The minimum atomic E-state index is -3.73. The molecule has 0 saturated heterocycles. The number of thiazole rings is 1. The molecule has 0 bridgehead atoms. The van der Waals surface area contributed by atoms with Gasteiger partial charge in [-0.05, 0) is 55.5 Å². The third kappa shape index (κ3) is 7.20. The minimum absolute atomic E-state index is 0.0110. The molecule has 0 aliphatic heterocycles. The molecule has 4 rings (SSSR count). The third-order valence-electron chi connectivity index (χ3n) is 5.76. The van der Waals surface area contributed by atoms with E-state index in [1.807, 2.05) is 0 Å². The molecule has 10 nitrogen and oxygen atoms in total. The van der Waals surface area contributed by atoms with Crippen LogP contribution in [0.1, 0.15) is 12.7 Å². The fourth-order valence-electron chi connectivity index (χ4n) is 3.76. The monoisotopic (exact) mass is 649 g/mol. The number of furan rings is 1. The zero-order valence-electron chi connectivity index (χ0n) is 22.6. The third-order valence-corrected chi connectivity index (χ3v) is 9.19. The van der Waals surface area contributed by atoms with E-state index in [-0.39, 0.29) is 26.4 Å². The van der Waals surface area contributed by atoms with Gasteiger partial charge in [0.2, 0.25) is 15.9 Å². The van der Waals surface area contributed by atoms with E-state index in [2.05, 4.69) is 5.32 Å². The van der Waals surface area contributed by atoms with Crippen LogP contribution in [0.4, 0.5) is 5.69 Å². The van der Waals surface area contributed by atoms with E-state index >= 15 is 0 Å². The molecule has 0 spiro atoms. The summed E-state index contributed by atoms with van der Waals surface area (Å²) < 4.78 is 38.4. The molecule has 1 N–H and O–H groups in total. The normalized spacial score (nSPS) is 12.6. The number of sulfonamides is 1. The van der Waals surface area contributed by atoms with Crippen LogP contribution in [0, 0.1) is 0 Å². The molecule has 220 valence electrons. The zero-order chi connectivity index (χ0) is 30.6. The molecule has 2 aromatic heterocycles. The number of esters is 1. The van der Waals surface area contributed by atoms with Gasteiger partial charge in [0.05, 0.1) is 27.1 Å². The average molecular weight is 651 g/mol. The maximum Gasteiger partial charge on any atom is 0.333 e. The van der Waals surface area contributed by atoms with E-state index < -0.39 is 34.0 Å². The summed E-state index contributed by atoms with van der Waals surface area (Å²) in [5.41, 5.74) is 0.243. The highest BCUT2D eigenvalue weighted by Gasteiger charge is 2.18. The summed E-state index contributed by atoms with van der Waals surface area (Å²) in [7, 11) is -0.931. The lowest BCUT2D eigenvalue weighted by molar-refractivity contribution is -0.135. The molecule has 1 amide bonds. The summed E-state index contributed by atoms with van der Waals surface area (Å²) in [6.45, 7) is 1.31. The number of rotatable bonds is 9. The summed E-state index contributed by atoms with van der Waals surface area (Å²) in [6, 6.07) is 14.0. The van der Waals surface area contributed by atoms with Crippen LogP contribution in [0.3, 0.4) is 0 Å². The Morgan fingerprint density at radius 2 is 1.88 bits per heavy atom. The van der Waals surface area contributed by atoms with Crippen LogP contribution in [-0.2, 0) is 30.9 Å². The van der Waals surface area contributed by atoms with Crippen molar-refractivity contribution in [2.24, 2.45) is 0 Å². The Kier molecular flexibility index (Phi) is 9.74. The Bertz CT molecular complexity index is 1940. The minimum Gasteiger partial charge on any atom is -0.463 e. The maximum atomic E-state index is 13.4. The first-order valence-electron chi connectivity index (χ1n) is 12.4. The van der Waals surface area contributed by atoms with E-state index in [0.717, 1.165) is 26.3 Å². The van der Waals surface area contributed by atoms with Crippen molar-refractivity contribution in [1.29, 1.82) is 0 Å². The Balaban J connectivity index is 1.68. The van der Waals surface area contributed by atoms with E-state index in [9.17, 15) is 22.8 Å². The van der Waals surface area contributed by atoms with Crippen molar-refractivity contribution in [3.05, 3.63) is 90.0 Å². The maximum absolute atomic E-state index is 13.4. The van der Waals surface area contributed by atoms with Crippen LogP contribution in [0.15, 0.2) is 68.7 Å². The molecule has 0 aliphatic rings. The van der Waals surface area contributed by atoms with E-state index in [1.165, 1.54) is 44.4 Å². The molecule has 0 unspecified atom stereocenters. The second-order valence-electron chi connectivity index (χ2n) is 8.93. The second-order valence-corrected chi connectivity index (χ2v) is 13.0. The number of aromatic nitrogens is 1. The molecule has 42 heavy (non-hydrogen) atoms. The fraction of sp³-hybridized carbons (Fsp3) is 0.179. The number of hydrogen-bond acceptors (Lipinski definition) is 8. The lowest BCUT2D eigenvalue weighted by Gasteiger charge is -2.12. The van der Waals surface area contributed by atoms with Gasteiger partial charge in [0.25, 0.3) is 5.56 Å². The Morgan fingerprint density at radius 3 is 2.60 bits per heavy atom. The highest BCUT2D eigenvalue weighted by Crippen LogP contribution is 2.31. The van der Waals surface area contributed by atoms with Gasteiger partial charge in [0.1, 0.15) is 22.7 Å². The van der Waals surface area contributed by atoms with Crippen LogP contribution in [-0.4, -0.2) is 49.9 Å². The van der Waals surface area contributed by atoms with Crippen LogP contribution in [0.2, 0.25) is 10.0 Å². The van der Waals surface area contributed by atoms with Crippen LogP contribution < -0.4 is 20.1 Å². The number of carbonyl (C=O) groups excluding carboxylic acids is 2. The second kappa shape index (κ2) is 13.1. The summed E-state index contributed by atoms with van der Waals surface area (Å²) in [4.78, 5) is 38.6. The number of ether oxygens (including phenoxy) is 1. The van der Waals surface area contributed by atoms with Crippen molar-refractivity contribution in [2.45, 2.75) is 18.4 Å². The summed E-state index contributed by atoms with van der Waals surface area (Å²) in [5.74, 6) is -0.536. The van der Waals surface area contributed by atoms with Gasteiger partial charge >= 0.3 is 5.97 Å². The van der Waals surface area contributed by atoms with Gasteiger partial charge < -0.3 is 14.5 Å². The van der Waals surface area contributed by atoms with Crippen molar-refractivity contribution in [3.63, 3.8) is 0 Å². The van der Waals surface area contributed by atoms with Gasteiger partial charge in [-0.25, -0.2) is 17.5 Å². The molecule has 14 heteroatoms. The Morgan fingerprint density at radius 1 is 1.12 bits per heavy atom. The number of hydrogen-bond donors (Lipinski definition) is 1. The van der Waals surface area contributed by atoms with E-state index in [0.29, 0.717) is 27.1 Å². The van der Waals surface area contributed by atoms with E-state index in [4.69, 9.17) is 32.4 Å². The molecular formula is C28H25Cl2N3O7S2. The number of nitrogens with zero attached hydrogens (tertiary/aromatic N) is 2. The highest BCUT2D eigenvalue weighted by molar-refractivity contribution is 7.89. The van der Waals surface area contributed by atoms with Crippen LogP contribution in [0.5, 0.6) is 0 Å². The average Bonchev–Trinajstić information content (AvgIpc) is 3.50. The summed E-state index contributed by atoms with van der Waals surface area (Å²) in [5, 5.41) is 3.51. The van der Waals surface area contributed by atoms with E-state index in [1.54, 1.807) is 37.3 Å². The first kappa shape index (κ1) is 31.3. The predicted octanol–water partition coefficient (Wildman–Crippen LogP) is 3.54. The smallest absolute Gasteiger partial charge is 0.333 e. The zero-order valence-corrected chi connectivity index (χ0v) is 25.7. The SMILES string of the molecule is CCOC(=O)C=c1sc(=Cc2ccc(-c3cc(Cl)ccc3Cl)o2)c(=O)n1CC(=O)Nc1cccc(S(=O)(=O)N(C)C)c1. The number of halogens is 2. The summed E-state index contributed by atoms with van der Waals surface area (Å²) >= 11 is 13.3. The summed E-state index contributed by atoms with van der Waals surface area (Å²) in [6.07, 6.45) is 2.62. The first-order valence-corrected chi connectivity index (χ1v) is 15.4. The van der Waals surface area contributed by atoms with Gasteiger partial charge in [-0.3, -0.25) is 14.2 Å². The molecule has 2 heterocycles. The topological polar surface area (TPSA) is 128 Å². The molecule has 0 radical (unpaired) electrons. The van der Waals surface area contributed by atoms with Gasteiger partial charge in [0.15, 0.2) is 0 Å². The molecule has 2 aromatic carbocycles. The van der Waals surface area contributed by atoms with Crippen molar-refractivity contribution in [2.75, 3.05) is 26.0 Å². The number of amides is 1. The number of nitrogens with one attached hydrogen (secondary N) is 1. The number of carbonyl (C=O) groups is 2. The Labute approximate surface area is 255 Å². The molecule has 0 atom stereocenters. The number of benzene rings is 2. The molecule has 4 aromatic rings. The molecule has 0 fully saturated rings. The molecule has 0 aliphatic carbocycles. The van der Waals surface area contributed by atoms with Crippen molar-refractivity contribution < 1.29 is 27.2 Å². The molecular weight excluding hydrogens is 625 g/mol. The largest absolute Gasteiger partial charge is 0.463 e. The van der Waals surface area contributed by atoms with Crippen LogP contribution in [0.25, 0.3) is 23.5 Å². The fourth-order valence-corrected chi connectivity index (χ4v) is 6.10. The lowest BCUT2D eigenvalue weighted by Crippen LogP contribution is -2.36. The van der Waals surface area contributed by atoms with Crippen LogP contribution >= 0.6 is 34.5 Å². The molecule has 0 saturated carbocycles. The highest BCUT2D eigenvalue weighted by atomic mass is 35.5. The van der Waals surface area contributed by atoms with Gasteiger partial charge in [-0.15, -0.1) is 11.3 Å². The predicted molar refractivity (Wildman–Crippen MR) is 163 cm³/mol. The van der Waals surface area contributed by atoms with Gasteiger partial charge in [0, 0.05) is 36.4 Å². The standard InChI is InChI=1S/C28H25Cl2N3O7S2/c1-4-39-27(35)15-26-33(16-25(34)31-18-6-5-7-20(13-18)42(37,38)32(2)3)28(36)24(41-26)14-19-9-11-23(40-19)21-12-17(29)8-10-22(21)30/h5-15H,4,16H2,1-3H3,(H,31,34). The van der Waals surface area contributed by atoms with Crippen molar-refractivity contribution in [1.82, 2.24) is 8.87 Å². The van der Waals surface area contributed by atoms with Crippen molar-refractivity contribution in [3.8, 4) is 11.3 Å².